The lowest BCUT2D eigenvalue weighted by Gasteiger charge is -2.34. The zero-order valence-corrected chi connectivity index (χ0v) is 22.4. The Kier molecular flexibility index (Phi) is 12.5. The summed E-state index contributed by atoms with van der Waals surface area (Å²) >= 11 is 1.80. The van der Waals surface area contributed by atoms with Gasteiger partial charge < -0.3 is 24.7 Å². The molecule has 9 nitrogen and oxygen atoms in total. The maximum atomic E-state index is 5.56. The summed E-state index contributed by atoms with van der Waals surface area (Å²) < 4.78 is 13.0. The molecule has 0 spiro atoms. The fourth-order valence-corrected chi connectivity index (χ4v) is 4.27. The summed E-state index contributed by atoms with van der Waals surface area (Å²) in [6.45, 7) is 10.9. The average molecular weight is 578 g/mol. The van der Waals surface area contributed by atoms with Gasteiger partial charge in [-0.2, -0.15) is 0 Å². The highest BCUT2D eigenvalue weighted by molar-refractivity contribution is 14.0. The van der Waals surface area contributed by atoms with E-state index in [0.717, 1.165) is 76.6 Å². The highest BCUT2D eigenvalue weighted by Gasteiger charge is 2.23. The first kappa shape index (κ1) is 27.0. The van der Waals surface area contributed by atoms with Crippen molar-refractivity contribution in [2.75, 3.05) is 52.6 Å². The van der Waals surface area contributed by atoms with Gasteiger partial charge in [0.25, 0.3) is 0 Å². The first-order chi connectivity index (χ1) is 15.2. The molecule has 0 saturated carbocycles. The van der Waals surface area contributed by atoms with Gasteiger partial charge in [-0.3, -0.25) is 4.90 Å². The molecule has 1 fully saturated rings. The maximum Gasteiger partial charge on any atom is 0.191 e. The molecular formula is C21H36IN7O2S. The van der Waals surface area contributed by atoms with Crippen molar-refractivity contribution in [2.24, 2.45) is 12.0 Å². The quantitative estimate of drug-likeness (QED) is 0.184. The number of hydrogen-bond donors (Lipinski definition) is 2. The highest BCUT2D eigenvalue weighted by atomic mass is 127. The van der Waals surface area contributed by atoms with Gasteiger partial charge in [0.15, 0.2) is 11.8 Å². The third kappa shape index (κ3) is 8.25. The molecule has 2 aromatic rings. The Bertz CT molecular complexity index is 794. The van der Waals surface area contributed by atoms with Gasteiger partial charge in [0, 0.05) is 51.3 Å². The van der Waals surface area contributed by atoms with Crippen LogP contribution in [0.5, 0.6) is 0 Å². The Balaban J connectivity index is 0.00000363. The molecule has 3 heterocycles. The second-order valence-electron chi connectivity index (χ2n) is 7.43. The third-order valence-electron chi connectivity index (χ3n) is 5.34. The zero-order valence-electron chi connectivity index (χ0n) is 19.2. The summed E-state index contributed by atoms with van der Waals surface area (Å²) in [5.41, 5.74) is 0. The van der Waals surface area contributed by atoms with Crippen LogP contribution in [0.4, 0.5) is 0 Å². The molecule has 1 unspecified atom stereocenters. The molecule has 1 aliphatic heterocycles. The lowest BCUT2D eigenvalue weighted by atomic mass is 10.2. The Labute approximate surface area is 212 Å². The van der Waals surface area contributed by atoms with Gasteiger partial charge >= 0.3 is 0 Å². The number of halogens is 1. The molecule has 1 saturated heterocycles. The molecule has 0 bridgehead atoms. The highest BCUT2D eigenvalue weighted by Crippen LogP contribution is 2.25. The van der Waals surface area contributed by atoms with Crippen molar-refractivity contribution >= 4 is 41.3 Å². The van der Waals surface area contributed by atoms with Crippen LogP contribution >= 0.6 is 35.3 Å². The molecule has 0 aliphatic carbocycles. The molecule has 2 N–H and O–H groups in total. The number of hydrogen-bond acceptors (Lipinski definition) is 7. The second-order valence-corrected chi connectivity index (χ2v) is 8.40. The molecular weight excluding hydrogens is 541 g/mol. The van der Waals surface area contributed by atoms with E-state index in [0.29, 0.717) is 6.54 Å². The van der Waals surface area contributed by atoms with Gasteiger partial charge in [0.1, 0.15) is 12.4 Å². The molecule has 0 amide bonds. The number of guanidine groups is 1. The van der Waals surface area contributed by atoms with Crippen molar-refractivity contribution in [1.82, 2.24) is 30.3 Å². The standard InChI is InChI=1S/C21H35N7O2S.HI/c1-4-29-11-6-8-22-21(24-16-20-26-25-17(2)27(20)3)23-15-18(19-7-5-14-31-19)28-9-12-30-13-10-28;/h5,7,14,18H,4,6,8-13,15-16H2,1-3H3,(H2,22,23,24);1H. The molecule has 2 aromatic heterocycles. The van der Waals surface area contributed by atoms with Crippen molar-refractivity contribution in [2.45, 2.75) is 32.9 Å². The van der Waals surface area contributed by atoms with Crippen molar-refractivity contribution in [3.63, 3.8) is 0 Å². The first-order valence-corrected chi connectivity index (χ1v) is 11.9. The topological polar surface area (TPSA) is 88.8 Å². The monoisotopic (exact) mass is 577 g/mol. The maximum absolute atomic E-state index is 5.56. The van der Waals surface area contributed by atoms with Crippen LogP contribution in [0, 0.1) is 6.92 Å². The summed E-state index contributed by atoms with van der Waals surface area (Å²) in [5, 5.41) is 17.5. The Morgan fingerprint density at radius 3 is 2.78 bits per heavy atom. The minimum absolute atomic E-state index is 0. The first-order valence-electron chi connectivity index (χ1n) is 11.0. The molecule has 180 valence electrons. The number of ether oxygens (including phenoxy) is 2. The van der Waals surface area contributed by atoms with Crippen LogP contribution in [0.1, 0.15) is 35.9 Å². The van der Waals surface area contributed by atoms with Crippen LogP contribution in [0.15, 0.2) is 22.5 Å². The zero-order chi connectivity index (χ0) is 21.9. The van der Waals surface area contributed by atoms with Crippen LogP contribution in [0.2, 0.25) is 0 Å². The van der Waals surface area contributed by atoms with Crippen LogP contribution in [0.3, 0.4) is 0 Å². The van der Waals surface area contributed by atoms with Crippen molar-refractivity contribution in [3.8, 4) is 0 Å². The molecule has 3 rings (SSSR count). The van der Waals surface area contributed by atoms with Gasteiger partial charge in [-0.15, -0.1) is 45.5 Å². The summed E-state index contributed by atoms with van der Waals surface area (Å²) in [5.74, 6) is 2.51. The smallest absolute Gasteiger partial charge is 0.191 e. The van der Waals surface area contributed by atoms with Crippen molar-refractivity contribution < 1.29 is 9.47 Å². The van der Waals surface area contributed by atoms with Gasteiger partial charge in [0.05, 0.1) is 19.3 Å². The number of aliphatic imine (C=N–C) groups is 1. The van der Waals surface area contributed by atoms with Crippen LogP contribution in [0.25, 0.3) is 0 Å². The van der Waals surface area contributed by atoms with E-state index >= 15 is 0 Å². The fourth-order valence-electron chi connectivity index (χ4n) is 3.41. The van der Waals surface area contributed by atoms with Gasteiger partial charge in [-0.25, -0.2) is 4.99 Å². The minimum atomic E-state index is 0. The van der Waals surface area contributed by atoms with Crippen molar-refractivity contribution in [1.29, 1.82) is 0 Å². The minimum Gasteiger partial charge on any atom is -0.382 e. The Morgan fingerprint density at radius 1 is 1.31 bits per heavy atom. The number of aromatic nitrogens is 3. The lowest BCUT2D eigenvalue weighted by Crippen LogP contribution is -2.46. The van der Waals surface area contributed by atoms with Crippen LogP contribution in [-0.2, 0) is 23.1 Å². The van der Waals surface area contributed by atoms with E-state index in [4.69, 9.17) is 14.5 Å². The molecule has 0 radical (unpaired) electrons. The number of rotatable bonds is 11. The van der Waals surface area contributed by atoms with E-state index in [1.54, 1.807) is 11.3 Å². The summed E-state index contributed by atoms with van der Waals surface area (Å²) in [7, 11) is 1.97. The summed E-state index contributed by atoms with van der Waals surface area (Å²) in [6, 6.07) is 4.61. The van der Waals surface area contributed by atoms with Crippen LogP contribution < -0.4 is 10.6 Å². The number of thiophene rings is 1. The largest absolute Gasteiger partial charge is 0.382 e. The molecule has 1 aliphatic rings. The predicted octanol–water partition coefficient (Wildman–Crippen LogP) is 2.34. The van der Waals surface area contributed by atoms with E-state index in [1.165, 1.54) is 4.88 Å². The SMILES string of the molecule is CCOCCCNC(=NCc1nnc(C)n1C)NCC(c1cccs1)N1CCOCC1.I. The Hall–Kier alpha value is -1.28. The van der Waals surface area contributed by atoms with E-state index in [2.05, 4.69) is 43.2 Å². The lowest BCUT2D eigenvalue weighted by molar-refractivity contribution is 0.0177. The summed E-state index contributed by atoms with van der Waals surface area (Å²) in [6.07, 6.45) is 0.926. The number of nitrogens with one attached hydrogen (secondary N) is 2. The predicted molar refractivity (Wildman–Crippen MR) is 139 cm³/mol. The normalized spacial score (nSPS) is 15.9. The molecule has 0 aromatic carbocycles. The Morgan fingerprint density at radius 2 is 2.12 bits per heavy atom. The van der Waals surface area contributed by atoms with Crippen molar-refractivity contribution in [3.05, 3.63) is 34.0 Å². The fraction of sp³-hybridized carbons (Fsp3) is 0.667. The second kappa shape index (κ2) is 14.8. The van der Waals surface area contributed by atoms with Gasteiger partial charge in [-0.1, -0.05) is 6.07 Å². The van der Waals surface area contributed by atoms with Gasteiger partial charge in [0.2, 0.25) is 0 Å². The van der Waals surface area contributed by atoms with E-state index in [1.807, 2.05) is 25.5 Å². The third-order valence-corrected chi connectivity index (χ3v) is 6.32. The van der Waals surface area contributed by atoms with Crippen LogP contribution in [-0.4, -0.2) is 78.2 Å². The summed E-state index contributed by atoms with van der Waals surface area (Å²) in [4.78, 5) is 8.62. The molecule has 11 heteroatoms. The van der Waals surface area contributed by atoms with E-state index in [9.17, 15) is 0 Å². The van der Waals surface area contributed by atoms with E-state index in [-0.39, 0.29) is 30.0 Å². The number of aryl methyl sites for hydroxylation is 1. The molecule has 32 heavy (non-hydrogen) atoms. The molecule has 1 atom stereocenters. The number of morpholine rings is 1. The number of nitrogens with zero attached hydrogens (tertiary/aromatic N) is 5. The van der Waals surface area contributed by atoms with E-state index < -0.39 is 0 Å². The average Bonchev–Trinajstić information content (AvgIpc) is 3.43. The van der Waals surface area contributed by atoms with Gasteiger partial charge in [-0.05, 0) is 31.7 Å².